The smallest absolute Gasteiger partial charge is 0.109 e. The number of aryl methyl sites for hydroxylation is 1. The summed E-state index contributed by atoms with van der Waals surface area (Å²) < 4.78 is 13.6. The van der Waals surface area contributed by atoms with Gasteiger partial charge in [0.1, 0.15) is 6.17 Å². The van der Waals surface area contributed by atoms with Crippen molar-refractivity contribution in [2.24, 2.45) is 0 Å². The average Bonchev–Trinajstić information content (AvgIpc) is 2.18. The van der Waals surface area contributed by atoms with E-state index in [0.29, 0.717) is 6.42 Å². The van der Waals surface area contributed by atoms with Crippen molar-refractivity contribution in [1.82, 2.24) is 5.32 Å². The van der Waals surface area contributed by atoms with Crippen LogP contribution in [0.3, 0.4) is 0 Å². The van der Waals surface area contributed by atoms with Gasteiger partial charge in [0.15, 0.2) is 0 Å². The van der Waals surface area contributed by atoms with Crippen LogP contribution in [-0.4, -0.2) is 19.3 Å². The van der Waals surface area contributed by atoms with Crippen LogP contribution in [0.2, 0.25) is 0 Å². The second kappa shape index (κ2) is 4.09. The second-order valence-electron chi connectivity index (χ2n) is 4.03. The second-order valence-corrected chi connectivity index (χ2v) is 4.03. The highest BCUT2D eigenvalue weighted by Crippen LogP contribution is 2.26. The molecule has 1 nitrogen and oxygen atoms in total. The summed E-state index contributed by atoms with van der Waals surface area (Å²) in [6.45, 7) is 3.63. The van der Waals surface area contributed by atoms with Crippen molar-refractivity contribution in [1.29, 1.82) is 0 Å². The largest absolute Gasteiger partial charge is 0.316 e. The van der Waals surface area contributed by atoms with Gasteiger partial charge in [-0.05, 0) is 25.5 Å². The van der Waals surface area contributed by atoms with Crippen molar-refractivity contribution in [3.63, 3.8) is 0 Å². The van der Waals surface area contributed by atoms with E-state index in [2.05, 4.69) is 11.4 Å². The normalized spacial score (nSPS) is 27.6. The molecule has 1 aromatic rings. The van der Waals surface area contributed by atoms with Gasteiger partial charge in [0.25, 0.3) is 0 Å². The number of piperidine rings is 1. The van der Waals surface area contributed by atoms with Crippen molar-refractivity contribution in [2.75, 3.05) is 13.1 Å². The van der Waals surface area contributed by atoms with Crippen molar-refractivity contribution in [2.45, 2.75) is 25.4 Å². The molecular weight excluding hydrogens is 177 g/mol. The Bertz CT molecular complexity index is 311. The number of hydrogen-bond acceptors (Lipinski definition) is 1. The molecule has 0 radical (unpaired) electrons. The van der Waals surface area contributed by atoms with E-state index < -0.39 is 6.17 Å². The summed E-state index contributed by atoms with van der Waals surface area (Å²) in [6.07, 6.45) is -0.0449. The van der Waals surface area contributed by atoms with Crippen molar-refractivity contribution in [3.05, 3.63) is 35.4 Å². The average molecular weight is 193 g/mol. The van der Waals surface area contributed by atoms with Crippen LogP contribution in [0, 0.1) is 6.92 Å². The van der Waals surface area contributed by atoms with Crippen LogP contribution in [0.4, 0.5) is 4.39 Å². The predicted octanol–water partition coefficient (Wildman–Crippen LogP) is 2.41. The van der Waals surface area contributed by atoms with Gasteiger partial charge >= 0.3 is 0 Å². The zero-order valence-corrected chi connectivity index (χ0v) is 8.46. The van der Waals surface area contributed by atoms with E-state index in [1.165, 1.54) is 5.56 Å². The molecule has 2 atom stereocenters. The Morgan fingerprint density at radius 3 is 3.00 bits per heavy atom. The predicted molar refractivity (Wildman–Crippen MR) is 56.3 cm³/mol. The minimum absolute atomic E-state index is 0.0450. The van der Waals surface area contributed by atoms with Gasteiger partial charge in [-0.2, -0.15) is 0 Å². The first-order valence-electron chi connectivity index (χ1n) is 5.19. The molecule has 2 heteroatoms. The maximum absolute atomic E-state index is 13.6. The molecule has 0 spiro atoms. The topological polar surface area (TPSA) is 12.0 Å². The summed E-state index contributed by atoms with van der Waals surface area (Å²) in [5.41, 5.74) is 2.34. The number of halogens is 1. The van der Waals surface area contributed by atoms with E-state index in [0.717, 1.165) is 18.7 Å². The first-order chi connectivity index (χ1) is 6.77. The van der Waals surface area contributed by atoms with Crippen LogP contribution in [0.5, 0.6) is 0 Å². The molecule has 1 fully saturated rings. The summed E-state index contributed by atoms with van der Waals surface area (Å²) in [4.78, 5) is 0. The molecule has 0 aromatic heterocycles. The Hall–Kier alpha value is -0.890. The number of hydrogen-bond donors (Lipinski definition) is 1. The highest BCUT2D eigenvalue weighted by atomic mass is 19.1. The van der Waals surface area contributed by atoms with Gasteiger partial charge in [0.05, 0.1) is 0 Å². The van der Waals surface area contributed by atoms with Gasteiger partial charge in [-0.1, -0.05) is 29.8 Å². The van der Waals surface area contributed by atoms with Gasteiger partial charge in [0.2, 0.25) is 0 Å². The zero-order valence-electron chi connectivity index (χ0n) is 8.46. The molecule has 1 aromatic carbocycles. The van der Waals surface area contributed by atoms with E-state index >= 15 is 0 Å². The summed E-state index contributed by atoms with van der Waals surface area (Å²) in [7, 11) is 0. The van der Waals surface area contributed by atoms with Gasteiger partial charge < -0.3 is 5.32 Å². The first-order valence-corrected chi connectivity index (χ1v) is 5.19. The van der Waals surface area contributed by atoms with Gasteiger partial charge in [-0.15, -0.1) is 0 Å². The molecule has 0 bridgehead atoms. The van der Waals surface area contributed by atoms with E-state index in [1.54, 1.807) is 0 Å². The minimum Gasteiger partial charge on any atom is -0.316 e. The third kappa shape index (κ3) is 1.95. The van der Waals surface area contributed by atoms with Crippen LogP contribution in [-0.2, 0) is 0 Å². The molecule has 0 amide bonds. The summed E-state index contributed by atoms with van der Waals surface area (Å²) in [5.74, 6) is 0.0450. The quantitative estimate of drug-likeness (QED) is 0.722. The lowest BCUT2D eigenvalue weighted by Gasteiger charge is -2.27. The zero-order chi connectivity index (χ0) is 9.97. The van der Waals surface area contributed by atoms with Crippen LogP contribution >= 0.6 is 0 Å². The molecule has 0 saturated carbocycles. The third-order valence-electron chi connectivity index (χ3n) is 2.87. The molecule has 2 rings (SSSR count). The first kappa shape index (κ1) is 9.66. The lowest BCUT2D eigenvalue weighted by Crippen LogP contribution is -2.36. The molecule has 1 aliphatic rings. The summed E-state index contributed by atoms with van der Waals surface area (Å²) in [5, 5.41) is 3.24. The highest BCUT2D eigenvalue weighted by molar-refractivity contribution is 5.27. The van der Waals surface area contributed by atoms with E-state index in [1.807, 2.05) is 25.1 Å². The summed E-state index contributed by atoms with van der Waals surface area (Å²) >= 11 is 0. The molecule has 76 valence electrons. The number of benzene rings is 1. The molecule has 1 N–H and O–H groups in total. The molecule has 1 saturated heterocycles. The van der Waals surface area contributed by atoms with Crippen molar-refractivity contribution >= 4 is 0 Å². The van der Waals surface area contributed by atoms with Gasteiger partial charge in [-0.3, -0.25) is 0 Å². The van der Waals surface area contributed by atoms with Crippen LogP contribution in [0.25, 0.3) is 0 Å². The molecule has 1 aliphatic heterocycles. The molecule has 2 unspecified atom stereocenters. The Labute approximate surface area is 84.3 Å². The third-order valence-corrected chi connectivity index (χ3v) is 2.87. The molecule has 0 aliphatic carbocycles. The Kier molecular flexibility index (Phi) is 2.82. The number of alkyl halides is 1. The maximum atomic E-state index is 13.6. The SMILES string of the molecule is Cc1cccc(C2CNCCC2F)c1. The molecule has 14 heavy (non-hydrogen) atoms. The minimum atomic E-state index is -0.682. The highest BCUT2D eigenvalue weighted by Gasteiger charge is 2.25. The van der Waals surface area contributed by atoms with Crippen LogP contribution in [0.15, 0.2) is 24.3 Å². The van der Waals surface area contributed by atoms with Crippen LogP contribution < -0.4 is 5.32 Å². The lowest BCUT2D eigenvalue weighted by molar-refractivity contribution is 0.228. The fourth-order valence-corrected chi connectivity index (χ4v) is 2.05. The van der Waals surface area contributed by atoms with Crippen LogP contribution in [0.1, 0.15) is 23.5 Å². The maximum Gasteiger partial charge on any atom is 0.109 e. The fourth-order valence-electron chi connectivity index (χ4n) is 2.05. The van der Waals surface area contributed by atoms with E-state index in [9.17, 15) is 4.39 Å². The Balaban J connectivity index is 2.20. The molecule has 1 heterocycles. The Morgan fingerprint density at radius 2 is 2.29 bits per heavy atom. The standard InChI is InChI=1S/C12H16FN/c1-9-3-2-4-10(7-9)11-8-14-6-5-12(11)13/h2-4,7,11-12,14H,5-6,8H2,1H3. The number of nitrogens with one attached hydrogen (secondary N) is 1. The fraction of sp³-hybridized carbons (Fsp3) is 0.500. The van der Waals surface area contributed by atoms with E-state index in [-0.39, 0.29) is 5.92 Å². The monoisotopic (exact) mass is 193 g/mol. The van der Waals surface area contributed by atoms with Crippen molar-refractivity contribution in [3.8, 4) is 0 Å². The molecular formula is C12H16FN. The number of rotatable bonds is 1. The van der Waals surface area contributed by atoms with E-state index in [4.69, 9.17) is 0 Å². The van der Waals surface area contributed by atoms with Crippen molar-refractivity contribution < 1.29 is 4.39 Å². The lowest BCUT2D eigenvalue weighted by atomic mass is 9.89. The summed E-state index contributed by atoms with van der Waals surface area (Å²) in [6, 6.07) is 8.17. The van der Waals surface area contributed by atoms with Gasteiger partial charge in [-0.25, -0.2) is 4.39 Å². The van der Waals surface area contributed by atoms with Gasteiger partial charge in [0, 0.05) is 12.5 Å². The Morgan fingerprint density at radius 1 is 1.43 bits per heavy atom.